The Labute approximate surface area is 135 Å². The highest BCUT2D eigenvalue weighted by Gasteiger charge is 2.03. The average Bonchev–Trinajstić information content (AvgIpc) is 2.52. The second-order valence-electron chi connectivity index (χ2n) is 4.66. The van der Waals surface area contributed by atoms with Crippen molar-refractivity contribution in [2.24, 2.45) is 0 Å². The van der Waals surface area contributed by atoms with Crippen LogP contribution in [0.25, 0.3) is 6.08 Å². The van der Waals surface area contributed by atoms with Gasteiger partial charge in [0.25, 0.3) is 0 Å². The standard InChI is InChI=1S/C18H20BrNO/c1-2-20-14-16-13-17(19)10-11-18(16)21-12-6-9-15-7-4-3-5-8-15/h3-11,13,20H,2,12,14H2,1H3. The smallest absolute Gasteiger partial charge is 0.124 e. The maximum absolute atomic E-state index is 5.86. The summed E-state index contributed by atoms with van der Waals surface area (Å²) in [4.78, 5) is 0. The number of hydrogen-bond donors (Lipinski definition) is 1. The molecule has 0 saturated carbocycles. The summed E-state index contributed by atoms with van der Waals surface area (Å²) in [6.07, 6.45) is 4.11. The third kappa shape index (κ3) is 5.37. The van der Waals surface area contributed by atoms with Crippen molar-refractivity contribution in [1.82, 2.24) is 5.32 Å². The lowest BCUT2D eigenvalue weighted by Gasteiger charge is -2.11. The van der Waals surface area contributed by atoms with E-state index in [2.05, 4.69) is 52.4 Å². The Kier molecular flexibility index (Phi) is 6.51. The molecule has 2 nitrogen and oxygen atoms in total. The molecule has 110 valence electrons. The van der Waals surface area contributed by atoms with Crippen molar-refractivity contribution in [3.8, 4) is 5.75 Å². The summed E-state index contributed by atoms with van der Waals surface area (Å²) in [6, 6.07) is 16.3. The van der Waals surface area contributed by atoms with Crippen LogP contribution >= 0.6 is 15.9 Å². The summed E-state index contributed by atoms with van der Waals surface area (Å²) in [6.45, 7) is 4.42. The quantitative estimate of drug-likeness (QED) is 0.788. The molecule has 21 heavy (non-hydrogen) atoms. The molecule has 0 spiro atoms. The third-order valence-electron chi connectivity index (χ3n) is 3.03. The highest BCUT2D eigenvalue weighted by atomic mass is 79.9. The minimum absolute atomic E-state index is 0.565. The Morgan fingerprint density at radius 2 is 1.95 bits per heavy atom. The molecule has 0 aliphatic rings. The number of rotatable bonds is 7. The third-order valence-corrected chi connectivity index (χ3v) is 3.53. The van der Waals surface area contributed by atoms with E-state index in [1.165, 1.54) is 11.1 Å². The molecule has 0 bridgehead atoms. The van der Waals surface area contributed by atoms with Gasteiger partial charge in [-0.3, -0.25) is 0 Å². The van der Waals surface area contributed by atoms with Crippen molar-refractivity contribution >= 4 is 22.0 Å². The molecule has 0 aliphatic heterocycles. The monoisotopic (exact) mass is 345 g/mol. The summed E-state index contributed by atoms with van der Waals surface area (Å²) in [5.74, 6) is 0.928. The van der Waals surface area contributed by atoms with Gasteiger partial charge in [0, 0.05) is 16.6 Å². The van der Waals surface area contributed by atoms with Gasteiger partial charge in [0.15, 0.2) is 0 Å². The second kappa shape index (κ2) is 8.65. The van der Waals surface area contributed by atoms with Gasteiger partial charge in [-0.05, 0) is 36.4 Å². The van der Waals surface area contributed by atoms with Crippen LogP contribution < -0.4 is 10.1 Å². The Hall–Kier alpha value is -1.58. The Bertz CT molecular complexity index is 581. The predicted molar refractivity (Wildman–Crippen MR) is 92.5 cm³/mol. The van der Waals surface area contributed by atoms with E-state index >= 15 is 0 Å². The normalized spacial score (nSPS) is 11.0. The SMILES string of the molecule is CCNCc1cc(Br)ccc1OCC=Cc1ccccc1. The van der Waals surface area contributed by atoms with Crippen molar-refractivity contribution in [2.75, 3.05) is 13.2 Å². The predicted octanol–water partition coefficient (Wildman–Crippen LogP) is 4.65. The maximum Gasteiger partial charge on any atom is 0.124 e. The van der Waals surface area contributed by atoms with Gasteiger partial charge in [-0.1, -0.05) is 59.3 Å². The first kappa shape index (κ1) is 15.8. The van der Waals surface area contributed by atoms with Gasteiger partial charge in [-0.2, -0.15) is 0 Å². The molecule has 0 atom stereocenters. The summed E-state index contributed by atoms with van der Waals surface area (Å²) < 4.78 is 6.94. The molecule has 0 heterocycles. The molecule has 0 radical (unpaired) electrons. The van der Waals surface area contributed by atoms with Crippen LogP contribution in [0.2, 0.25) is 0 Å². The van der Waals surface area contributed by atoms with Gasteiger partial charge in [0.2, 0.25) is 0 Å². The minimum Gasteiger partial charge on any atom is -0.489 e. The molecule has 0 fully saturated rings. The van der Waals surface area contributed by atoms with E-state index in [0.717, 1.165) is 23.3 Å². The Morgan fingerprint density at radius 1 is 1.14 bits per heavy atom. The molecule has 0 aliphatic carbocycles. The number of benzene rings is 2. The average molecular weight is 346 g/mol. The van der Waals surface area contributed by atoms with E-state index in [9.17, 15) is 0 Å². The molecule has 0 unspecified atom stereocenters. The molecule has 0 amide bonds. The van der Waals surface area contributed by atoms with E-state index in [0.29, 0.717) is 6.61 Å². The van der Waals surface area contributed by atoms with Crippen LogP contribution in [0.4, 0.5) is 0 Å². The number of ether oxygens (including phenoxy) is 1. The van der Waals surface area contributed by atoms with E-state index in [-0.39, 0.29) is 0 Å². The topological polar surface area (TPSA) is 21.3 Å². The molecular formula is C18H20BrNO. The van der Waals surface area contributed by atoms with E-state index < -0.39 is 0 Å². The molecular weight excluding hydrogens is 326 g/mol. The maximum atomic E-state index is 5.86. The van der Waals surface area contributed by atoms with Gasteiger partial charge in [0.1, 0.15) is 12.4 Å². The van der Waals surface area contributed by atoms with Crippen LogP contribution in [-0.2, 0) is 6.54 Å². The number of halogens is 1. The zero-order chi connectivity index (χ0) is 14.9. The summed E-state index contributed by atoms with van der Waals surface area (Å²) in [5.41, 5.74) is 2.35. The van der Waals surface area contributed by atoms with Crippen molar-refractivity contribution in [1.29, 1.82) is 0 Å². The lowest BCUT2D eigenvalue weighted by Crippen LogP contribution is -2.13. The second-order valence-corrected chi connectivity index (χ2v) is 5.57. The van der Waals surface area contributed by atoms with Crippen LogP contribution in [-0.4, -0.2) is 13.2 Å². The van der Waals surface area contributed by atoms with E-state index in [4.69, 9.17) is 4.74 Å². The molecule has 0 saturated heterocycles. The summed E-state index contributed by atoms with van der Waals surface area (Å²) >= 11 is 3.50. The van der Waals surface area contributed by atoms with Gasteiger partial charge in [-0.25, -0.2) is 0 Å². The van der Waals surface area contributed by atoms with Crippen LogP contribution in [0.15, 0.2) is 59.1 Å². The van der Waals surface area contributed by atoms with Gasteiger partial charge in [-0.15, -0.1) is 0 Å². The van der Waals surface area contributed by atoms with Crippen molar-refractivity contribution in [3.63, 3.8) is 0 Å². The molecule has 3 heteroatoms. The summed E-state index contributed by atoms with van der Waals surface area (Å²) in [5, 5.41) is 3.33. The summed E-state index contributed by atoms with van der Waals surface area (Å²) in [7, 11) is 0. The molecule has 1 N–H and O–H groups in total. The van der Waals surface area contributed by atoms with Gasteiger partial charge in [0.05, 0.1) is 0 Å². The van der Waals surface area contributed by atoms with Crippen LogP contribution in [0.5, 0.6) is 5.75 Å². The largest absolute Gasteiger partial charge is 0.489 e. The van der Waals surface area contributed by atoms with E-state index in [1.807, 2.05) is 36.4 Å². The van der Waals surface area contributed by atoms with Crippen molar-refractivity contribution < 1.29 is 4.74 Å². The van der Waals surface area contributed by atoms with Crippen LogP contribution in [0, 0.1) is 0 Å². The highest BCUT2D eigenvalue weighted by molar-refractivity contribution is 9.10. The minimum atomic E-state index is 0.565. The fourth-order valence-corrected chi connectivity index (χ4v) is 2.38. The molecule has 2 aromatic rings. The number of hydrogen-bond acceptors (Lipinski definition) is 2. The first-order valence-corrected chi connectivity index (χ1v) is 7.92. The van der Waals surface area contributed by atoms with Crippen LogP contribution in [0.1, 0.15) is 18.1 Å². The zero-order valence-electron chi connectivity index (χ0n) is 12.2. The van der Waals surface area contributed by atoms with E-state index in [1.54, 1.807) is 0 Å². The highest BCUT2D eigenvalue weighted by Crippen LogP contribution is 2.23. The first-order chi connectivity index (χ1) is 10.3. The lowest BCUT2D eigenvalue weighted by molar-refractivity contribution is 0.358. The van der Waals surface area contributed by atoms with Crippen molar-refractivity contribution in [3.05, 3.63) is 70.2 Å². The van der Waals surface area contributed by atoms with Gasteiger partial charge < -0.3 is 10.1 Å². The fraction of sp³-hybridized carbons (Fsp3) is 0.222. The number of nitrogens with one attached hydrogen (secondary N) is 1. The lowest BCUT2D eigenvalue weighted by atomic mass is 10.2. The Morgan fingerprint density at radius 3 is 2.71 bits per heavy atom. The Balaban J connectivity index is 1.94. The molecule has 0 aromatic heterocycles. The van der Waals surface area contributed by atoms with Crippen LogP contribution in [0.3, 0.4) is 0 Å². The molecule has 2 rings (SSSR count). The van der Waals surface area contributed by atoms with Gasteiger partial charge >= 0.3 is 0 Å². The zero-order valence-corrected chi connectivity index (χ0v) is 13.8. The molecule has 2 aromatic carbocycles. The fourth-order valence-electron chi connectivity index (χ4n) is 1.97. The first-order valence-electron chi connectivity index (χ1n) is 7.13. The van der Waals surface area contributed by atoms with Crippen molar-refractivity contribution in [2.45, 2.75) is 13.5 Å².